The Morgan fingerprint density at radius 1 is 1.50 bits per heavy atom. The Labute approximate surface area is 95.8 Å². The highest BCUT2D eigenvalue weighted by atomic mass is 35.5. The van der Waals surface area contributed by atoms with Crippen LogP contribution in [-0.2, 0) is 6.54 Å². The van der Waals surface area contributed by atoms with Gasteiger partial charge in [0.25, 0.3) is 0 Å². The van der Waals surface area contributed by atoms with Gasteiger partial charge < -0.3 is 0 Å². The molecule has 2 aliphatic heterocycles. The average molecular weight is 248 g/mol. The van der Waals surface area contributed by atoms with Crippen molar-refractivity contribution in [1.29, 1.82) is 0 Å². The third-order valence-corrected chi connectivity index (χ3v) is 5.19. The Hall–Kier alpha value is 0.160. The van der Waals surface area contributed by atoms with Crippen LogP contribution in [0.4, 0.5) is 0 Å². The van der Waals surface area contributed by atoms with Gasteiger partial charge in [-0.1, -0.05) is 11.3 Å². The molecule has 2 bridgehead atoms. The van der Waals surface area contributed by atoms with Gasteiger partial charge in [-0.3, -0.25) is 4.90 Å². The van der Waals surface area contributed by atoms with Gasteiger partial charge in [-0.05, 0) is 18.0 Å². The molecule has 3 heterocycles. The zero-order valence-corrected chi connectivity index (χ0v) is 9.91. The first-order valence-corrected chi connectivity index (χ1v) is 6.89. The summed E-state index contributed by atoms with van der Waals surface area (Å²) in [7, 11) is 0. The van der Waals surface area contributed by atoms with Crippen LogP contribution >= 0.6 is 34.7 Å². The predicted molar refractivity (Wildman–Crippen MR) is 60.0 cm³/mol. The van der Waals surface area contributed by atoms with Gasteiger partial charge in [-0.25, -0.2) is 0 Å². The molecule has 2 atom stereocenters. The number of aromatic nitrogens is 2. The molecular formula is C8H10ClN3S2. The van der Waals surface area contributed by atoms with Crippen LogP contribution in [0.1, 0.15) is 11.4 Å². The average Bonchev–Trinajstić information content (AvgIpc) is 2.82. The lowest BCUT2D eigenvalue weighted by Crippen LogP contribution is -2.33. The summed E-state index contributed by atoms with van der Waals surface area (Å²) in [6.07, 6.45) is 1.36. The normalized spacial score (nSPS) is 31.5. The molecule has 0 aromatic carbocycles. The minimum Gasteiger partial charge on any atom is -0.292 e. The first kappa shape index (κ1) is 9.39. The molecule has 2 fully saturated rings. The molecule has 76 valence electrons. The van der Waals surface area contributed by atoms with Crippen LogP contribution < -0.4 is 0 Å². The Kier molecular flexibility index (Phi) is 2.43. The fourth-order valence-electron chi connectivity index (χ4n) is 2.14. The van der Waals surface area contributed by atoms with Crippen LogP contribution in [0.25, 0.3) is 0 Å². The van der Waals surface area contributed by atoms with E-state index in [1.807, 2.05) is 0 Å². The van der Waals surface area contributed by atoms with Crippen molar-refractivity contribution in [3.8, 4) is 0 Å². The molecule has 2 saturated heterocycles. The van der Waals surface area contributed by atoms with E-state index in [1.165, 1.54) is 30.1 Å². The maximum Gasteiger partial charge on any atom is 0.207 e. The van der Waals surface area contributed by atoms with Crippen molar-refractivity contribution < 1.29 is 0 Å². The number of rotatable bonds is 2. The lowest BCUT2D eigenvalue weighted by atomic mass is 10.2. The van der Waals surface area contributed by atoms with Crippen molar-refractivity contribution in [2.45, 2.75) is 24.3 Å². The maximum absolute atomic E-state index is 5.75. The molecule has 3 rings (SSSR count). The fourth-order valence-corrected chi connectivity index (χ4v) is 4.53. The largest absolute Gasteiger partial charge is 0.292 e. The highest BCUT2D eigenvalue weighted by Gasteiger charge is 2.38. The third kappa shape index (κ3) is 1.66. The van der Waals surface area contributed by atoms with Crippen molar-refractivity contribution in [1.82, 2.24) is 15.1 Å². The lowest BCUT2D eigenvalue weighted by molar-refractivity contribution is 0.260. The zero-order valence-electron chi connectivity index (χ0n) is 7.52. The van der Waals surface area contributed by atoms with Crippen molar-refractivity contribution in [3.05, 3.63) is 9.47 Å². The molecule has 0 saturated carbocycles. The van der Waals surface area contributed by atoms with Gasteiger partial charge in [-0.2, -0.15) is 11.8 Å². The van der Waals surface area contributed by atoms with Crippen molar-refractivity contribution in [3.63, 3.8) is 0 Å². The van der Waals surface area contributed by atoms with Gasteiger partial charge in [0.15, 0.2) is 0 Å². The van der Waals surface area contributed by atoms with Crippen molar-refractivity contribution in [2.75, 3.05) is 12.3 Å². The Morgan fingerprint density at radius 2 is 2.43 bits per heavy atom. The second-order valence-corrected chi connectivity index (χ2v) is 6.70. The molecule has 2 unspecified atom stereocenters. The maximum atomic E-state index is 5.75. The van der Waals surface area contributed by atoms with Crippen LogP contribution in [0.3, 0.4) is 0 Å². The fraction of sp³-hybridized carbons (Fsp3) is 0.750. The molecule has 1 aromatic rings. The summed E-state index contributed by atoms with van der Waals surface area (Å²) in [6, 6.07) is 0.771. The summed E-state index contributed by atoms with van der Waals surface area (Å²) in [5.74, 6) is 1.29. The van der Waals surface area contributed by atoms with E-state index >= 15 is 0 Å². The van der Waals surface area contributed by atoms with Crippen LogP contribution in [0, 0.1) is 0 Å². The van der Waals surface area contributed by atoms with Gasteiger partial charge in [0.1, 0.15) is 5.01 Å². The second-order valence-electron chi connectivity index (χ2n) is 3.72. The number of likely N-dealkylation sites (tertiary alicyclic amines) is 1. The van der Waals surface area contributed by atoms with E-state index in [9.17, 15) is 0 Å². The molecule has 0 radical (unpaired) electrons. The second kappa shape index (κ2) is 3.63. The van der Waals surface area contributed by atoms with Gasteiger partial charge in [0, 0.05) is 23.6 Å². The van der Waals surface area contributed by atoms with Crippen LogP contribution in [-0.4, -0.2) is 38.7 Å². The molecule has 2 aliphatic rings. The minimum atomic E-state index is 0.554. The van der Waals surface area contributed by atoms with Gasteiger partial charge in [0.05, 0.1) is 6.54 Å². The van der Waals surface area contributed by atoms with E-state index in [-0.39, 0.29) is 0 Å². The summed E-state index contributed by atoms with van der Waals surface area (Å²) in [6.45, 7) is 2.15. The van der Waals surface area contributed by atoms with E-state index in [2.05, 4.69) is 26.9 Å². The van der Waals surface area contributed by atoms with Gasteiger partial charge in [0.2, 0.25) is 4.47 Å². The molecule has 0 amide bonds. The number of hydrogen-bond acceptors (Lipinski definition) is 5. The monoisotopic (exact) mass is 247 g/mol. The molecule has 3 nitrogen and oxygen atoms in total. The molecule has 14 heavy (non-hydrogen) atoms. The van der Waals surface area contributed by atoms with E-state index < -0.39 is 0 Å². The highest BCUT2D eigenvalue weighted by molar-refractivity contribution is 8.00. The van der Waals surface area contributed by atoms with E-state index in [4.69, 9.17) is 11.6 Å². The first-order chi connectivity index (χ1) is 6.81. The van der Waals surface area contributed by atoms with Crippen molar-refractivity contribution >= 4 is 34.7 Å². The van der Waals surface area contributed by atoms with Crippen LogP contribution in [0.15, 0.2) is 0 Å². The smallest absolute Gasteiger partial charge is 0.207 e. The molecule has 0 spiro atoms. The summed E-state index contributed by atoms with van der Waals surface area (Å²) < 4.78 is 0.554. The van der Waals surface area contributed by atoms with E-state index in [0.717, 1.165) is 22.8 Å². The number of fused-ring (bicyclic) bond motifs is 2. The molecule has 1 aromatic heterocycles. The van der Waals surface area contributed by atoms with Crippen LogP contribution in [0.2, 0.25) is 4.47 Å². The lowest BCUT2D eigenvalue weighted by Gasteiger charge is -2.24. The Bertz CT molecular complexity index is 343. The summed E-state index contributed by atoms with van der Waals surface area (Å²) >= 11 is 9.36. The summed E-state index contributed by atoms with van der Waals surface area (Å²) in [4.78, 5) is 2.51. The number of nitrogens with zero attached hydrogens (tertiary/aromatic N) is 3. The Morgan fingerprint density at radius 3 is 3.00 bits per heavy atom. The predicted octanol–water partition coefficient (Wildman–Crippen LogP) is 1.88. The number of thioether (sulfide) groups is 1. The molecule has 0 aliphatic carbocycles. The first-order valence-electron chi connectivity index (χ1n) is 4.65. The quantitative estimate of drug-likeness (QED) is 0.798. The Balaban J connectivity index is 1.68. The summed E-state index contributed by atoms with van der Waals surface area (Å²) in [5, 5.41) is 9.79. The van der Waals surface area contributed by atoms with Crippen molar-refractivity contribution in [2.24, 2.45) is 0 Å². The highest BCUT2D eigenvalue weighted by Crippen LogP contribution is 2.38. The molecule has 0 N–H and O–H groups in total. The zero-order chi connectivity index (χ0) is 9.54. The molecular weight excluding hydrogens is 238 g/mol. The SMILES string of the molecule is Clc1nnc(CN2CC3CC2CS3)s1. The van der Waals surface area contributed by atoms with Gasteiger partial charge >= 0.3 is 0 Å². The molecule has 6 heteroatoms. The number of halogens is 1. The van der Waals surface area contributed by atoms with Gasteiger partial charge in [-0.15, -0.1) is 10.2 Å². The van der Waals surface area contributed by atoms with E-state index in [0.29, 0.717) is 4.47 Å². The standard InChI is InChI=1S/C8H10ClN3S2/c9-8-11-10-7(14-8)3-12-2-6-1-5(12)4-13-6/h5-6H,1-4H2. The van der Waals surface area contributed by atoms with Crippen LogP contribution in [0.5, 0.6) is 0 Å². The third-order valence-electron chi connectivity index (χ3n) is 2.79. The summed E-state index contributed by atoms with van der Waals surface area (Å²) in [5.41, 5.74) is 0. The number of hydrogen-bond donors (Lipinski definition) is 0. The topological polar surface area (TPSA) is 29.0 Å². The van der Waals surface area contributed by atoms with E-state index in [1.54, 1.807) is 0 Å². The minimum absolute atomic E-state index is 0.554.